The van der Waals surface area contributed by atoms with Gasteiger partial charge in [0.2, 0.25) is 11.8 Å². The minimum absolute atomic E-state index is 0.0538. The van der Waals surface area contributed by atoms with Crippen molar-refractivity contribution in [3.8, 4) is 0 Å². The fourth-order valence-electron chi connectivity index (χ4n) is 3.77. The van der Waals surface area contributed by atoms with E-state index in [4.69, 9.17) is 0 Å². The van der Waals surface area contributed by atoms with Gasteiger partial charge < -0.3 is 14.9 Å². The van der Waals surface area contributed by atoms with Gasteiger partial charge in [-0.25, -0.2) is 0 Å². The minimum Gasteiger partial charge on any atom is -0.389 e. The molecule has 5 nitrogen and oxygen atoms in total. The monoisotopic (exact) mass is 310 g/mol. The first-order valence-corrected chi connectivity index (χ1v) is 8.78. The predicted molar refractivity (Wildman–Crippen MR) is 85.3 cm³/mol. The summed E-state index contributed by atoms with van der Waals surface area (Å²) in [5, 5.41) is 10.4. The summed E-state index contributed by atoms with van der Waals surface area (Å²) >= 11 is 0. The fourth-order valence-corrected chi connectivity index (χ4v) is 3.77. The molecule has 1 heterocycles. The molecule has 0 aromatic rings. The van der Waals surface area contributed by atoms with Crippen molar-refractivity contribution in [2.75, 3.05) is 26.2 Å². The van der Waals surface area contributed by atoms with E-state index in [1.54, 1.807) is 0 Å². The van der Waals surface area contributed by atoms with Gasteiger partial charge in [-0.15, -0.1) is 0 Å². The van der Waals surface area contributed by atoms with Gasteiger partial charge in [0.15, 0.2) is 0 Å². The zero-order valence-corrected chi connectivity index (χ0v) is 14.0. The van der Waals surface area contributed by atoms with Gasteiger partial charge >= 0.3 is 0 Å². The molecule has 1 saturated carbocycles. The smallest absolute Gasteiger partial charge is 0.225 e. The van der Waals surface area contributed by atoms with Crippen molar-refractivity contribution in [1.29, 1.82) is 0 Å². The minimum atomic E-state index is -0.773. The van der Waals surface area contributed by atoms with Crippen LogP contribution >= 0.6 is 0 Å². The molecule has 0 unspecified atom stereocenters. The van der Waals surface area contributed by atoms with Crippen molar-refractivity contribution in [3.63, 3.8) is 0 Å². The zero-order valence-electron chi connectivity index (χ0n) is 14.0. The molecule has 0 atom stereocenters. The summed E-state index contributed by atoms with van der Waals surface area (Å²) in [5.41, 5.74) is -0.773. The third kappa shape index (κ3) is 4.00. The average Bonchev–Trinajstić information content (AvgIpc) is 2.94. The maximum atomic E-state index is 12.4. The molecule has 1 aliphatic heterocycles. The Morgan fingerprint density at radius 2 is 1.68 bits per heavy atom. The van der Waals surface area contributed by atoms with Crippen LogP contribution < -0.4 is 0 Å². The van der Waals surface area contributed by atoms with Crippen molar-refractivity contribution in [1.82, 2.24) is 9.80 Å². The molecule has 0 radical (unpaired) electrons. The van der Waals surface area contributed by atoms with Gasteiger partial charge in [0.05, 0.1) is 12.0 Å². The zero-order chi connectivity index (χ0) is 16.2. The molecule has 2 aliphatic rings. The number of amides is 2. The Balaban J connectivity index is 1.81. The molecule has 2 fully saturated rings. The SMILES string of the molecule is CCN(CC)C(=O)C1CCN(C(=O)CC2(O)CCCC2)CC1. The lowest BCUT2D eigenvalue weighted by Crippen LogP contribution is -2.46. The van der Waals surface area contributed by atoms with E-state index in [1.165, 1.54) is 0 Å². The quantitative estimate of drug-likeness (QED) is 0.842. The maximum absolute atomic E-state index is 12.4. The van der Waals surface area contributed by atoms with Crippen LogP contribution in [0.25, 0.3) is 0 Å². The van der Waals surface area contributed by atoms with E-state index in [-0.39, 0.29) is 24.2 Å². The Morgan fingerprint density at radius 1 is 1.14 bits per heavy atom. The molecule has 0 aromatic carbocycles. The molecule has 0 aromatic heterocycles. The van der Waals surface area contributed by atoms with Gasteiger partial charge in [-0.05, 0) is 39.5 Å². The highest BCUT2D eigenvalue weighted by molar-refractivity contribution is 5.80. The molecule has 0 spiro atoms. The number of hydrogen-bond acceptors (Lipinski definition) is 3. The number of aliphatic hydroxyl groups is 1. The molecule has 126 valence electrons. The Morgan fingerprint density at radius 3 is 2.18 bits per heavy atom. The standard InChI is InChI=1S/C17H30N2O3/c1-3-18(4-2)16(21)14-7-11-19(12-8-14)15(20)13-17(22)9-5-6-10-17/h14,22H,3-13H2,1-2H3. The highest BCUT2D eigenvalue weighted by Crippen LogP contribution is 2.33. The maximum Gasteiger partial charge on any atom is 0.225 e. The van der Waals surface area contributed by atoms with Gasteiger partial charge in [0.25, 0.3) is 0 Å². The summed E-state index contributed by atoms with van der Waals surface area (Å²) in [7, 11) is 0. The first-order chi connectivity index (χ1) is 10.5. The van der Waals surface area contributed by atoms with Crippen LogP contribution in [0, 0.1) is 5.92 Å². The highest BCUT2D eigenvalue weighted by Gasteiger charge is 2.36. The summed E-state index contributed by atoms with van der Waals surface area (Å²) in [6, 6.07) is 0. The van der Waals surface area contributed by atoms with E-state index in [0.29, 0.717) is 13.1 Å². The highest BCUT2D eigenvalue weighted by atomic mass is 16.3. The fraction of sp³-hybridized carbons (Fsp3) is 0.882. The predicted octanol–water partition coefficient (Wildman–Crippen LogP) is 1.79. The third-order valence-corrected chi connectivity index (χ3v) is 5.29. The molecular formula is C17H30N2O3. The van der Waals surface area contributed by atoms with Crippen LogP contribution in [0.1, 0.15) is 58.8 Å². The van der Waals surface area contributed by atoms with E-state index in [1.807, 2.05) is 23.6 Å². The topological polar surface area (TPSA) is 60.9 Å². The van der Waals surface area contributed by atoms with Crippen LogP contribution in [0.2, 0.25) is 0 Å². The summed E-state index contributed by atoms with van der Waals surface area (Å²) in [6.07, 6.45) is 5.28. The number of nitrogens with zero attached hydrogens (tertiary/aromatic N) is 2. The number of rotatable bonds is 5. The lowest BCUT2D eigenvalue weighted by Gasteiger charge is -2.35. The van der Waals surface area contributed by atoms with Crippen LogP contribution in [0.15, 0.2) is 0 Å². The Kier molecular flexibility index (Phi) is 5.84. The van der Waals surface area contributed by atoms with Crippen molar-refractivity contribution in [3.05, 3.63) is 0 Å². The first kappa shape index (κ1) is 17.3. The van der Waals surface area contributed by atoms with E-state index < -0.39 is 5.60 Å². The van der Waals surface area contributed by atoms with Crippen LogP contribution in [0.4, 0.5) is 0 Å². The number of carbonyl (C=O) groups excluding carboxylic acids is 2. The molecule has 2 rings (SSSR count). The van der Waals surface area contributed by atoms with E-state index in [9.17, 15) is 14.7 Å². The molecule has 22 heavy (non-hydrogen) atoms. The van der Waals surface area contributed by atoms with Crippen molar-refractivity contribution in [2.45, 2.75) is 64.4 Å². The third-order valence-electron chi connectivity index (χ3n) is 5.29. The summed E-state index contributed by atoms with van der Waals surface area (Å²) < 4.78 is 0. The van der Waals surface area contributed by atoms with E-state index in [2.05, 4.69) is 0 Å². The Hall–Kier alpha value is -1.10. The molecule has 1 aliphatic carbocycles. The lowest BCUT2D eigenvalue weighted by atomic mass is 9.93. The second kappa shape index (κ2) is 7.44. The average molecular weight is 310 g/mol. The van der Waals surface area contributed by atoms with Crippen LogP contribution in [0.5, 0.6) is 0 Å². The molecular weight excluding hydrogens is 280 g/mol. The molecule has 2 amide bonds. The summed E-state index contributed by atoms with van der Waals surface area (Å²) in [6.45, 7) is 6.80. The van der Waals surface area contributed by atoms with E-state index in [0.717, 1.165) is 51.6 Å². The molecule has 1 N–H and O–H groups in total. The number of piperidine rings is 1. The van der Waals surface area contributed by atoms with Crippen molar-refractivity contribution in [2.24, 2.45) is 5.92 Å². The number of likely N-dealkylation sites (tertiary alicyclic amines) is 1. The Labute approximate surface area is 133 Å². The van der Waals surface area contributed by atoms with Gasteiger partial charge in [-0.3, -0.25) is 9.59 Å². The molecule has 0 bridgehead atoms. The number of hydrogen-bond donors (Lipinski definition) is 1. The van der Waals surface area contributed by atoms with Crippen LogP contribution in [-0.4, -0.2) is 58.5 Å². The Bertz CT molecular complexity index is 393. The molecule has 1 saturated heterocycles. The van der Waals surface area contributed by atoms with E-state index >= 15 is 0 Å². The summed E-state index contributed by atoms with van der Waals surface area (Å²) in [5.74, 6) is 0.336. The van der Waals surface area contributed by atoms with Crippen molar-refractivity contribution >= 4 is 11.8 Å². The molecule has 5 heteroatoms. The van der Waals surface area contributed by atoms with Gasteiger partial charge in [-0.2, -0.15) is 0 Å². The lowest BCUT2D eigenvalue weighted by molar-refractivity contribution is -0.142. The van der Waals surface area contributed by atoms with Gasteiger partial charge in [-0.1, -0.05) is 12.8 Å². The van der Waals surface area contributed by atoms with Crippen molar-refractivity contribution < 1.29 is 14.7 Å². The van der Waals surface area contributed by atoms with Crippen LogP contribution in [0.3, 0.4) is 0 Å². The second-order valence-electron chi connectivity index (χ2n) is 6.77. The largest absolute Gasteiger partial charge is 0.389 e. The van der Waals surface area contributed by atoms with Crippen LogP contribution in [-0.2, 0) is 9.59 Å². The first-order valence-electron chi connectivity index (χ1n) is 8.78. The summed E-state index contributed by atoms with van der Waals surface area (Å²) in [4.78, 5) is 28.4. The second-order valence-corrected chi connectivity index (χ2v) is 6.77. The van der Waals surface area contributed by atoms with Gasteiger partial charge in [0, 0.05) is 32.1 Å². The normalized spacial score (nSPS) is 21.9. The number of carbonyl (C=O) groups is 2. The van der Waals surface area contributed by atoms with Gasteiger partial charge in [0.1, 0.15) is 0 Å².